The van der Waals surface area contributed by atoms with Gasteiger partial charge in [0.15, 0.2) is 0 Å². The summed E-state index contributed by atoms with van der Waals surface area (Å²) in [5, 5.41) is 6.74. The third kappa shape index (κ3) is 4.42. The van der Waals surface area contributed by atoms with Crippen LogP contribution in [0, 0.1) is 6.92 Å². The second-order valence-electron chi connectivity index (χ2n) is 5.83. The average Bonchev–Trinajstić information content (AvgIpc) is 2.94. The molecule has 0 unspecified atom stereocenters. The lowest BCUT2D eigenvalue weighted by Gasteiger charge is -2.18. The number of amides is 2. The van der Waals surface area contributed by atoms with Crippen LogP contribution in [0.2, 0.25) is 0 Å². The van der Waals surface area contributed by atoms with Crippen molar-refractivity contribution >= 4 is 39.1 Å². The van der Waals surface area contributed by atoms with Gasteiger partial charge in [-0.2, -0.15) is 0 Å². The van der Waals surface area contributed by atoms with Crippen LogP contribution in [-0.2, 0) is 9.59 Å². The van der Waals surface area contributed by atoms with Crippen LogP contribution < -0.4 is 10.6 Å². The standard InChI is InChI=1S/C19H19N3O2S/c1-12(23)20-17(14-6-4-3-5-7-14)11-19(24)22-15-8-9-16-18(10-15)25-13(2)21-16/h3-10,17H,11H2,1-2H3,(H,20,23)(H,22,24)/t17-/m1/s1. The Kier molecular flexibility index (Phi) is 5.09. The molecule has 128 valence electrons. The second-order valence-corrected chi connectivity index (χ2v) is 7.07. The first-order valence-electron chi connectivity index (χ1n) is 8.00. The Morgan fingerprint density at radius 1 is 1.16 bits per heavy atom. The van der Waals surface area contributed by atoms with Gasteiger partial charge in [0, 0.05) is 12.6 Å². The summed E-state index contributed by atoms with van der Waals surface area (Å²) in [6, 6.07) is 14.8. The lowest BCUT2D eigenvalue weighted by Crippen LogP contribution is -2.29. The van der Waals surface area contributed by atoms with Crippen LogP contribution in [0.4, 0.5) is 5.69 Å². The molecule has 25 heavy (non-hydrogen) atoms. The molecular formula is C19H19N3O2S. The maximum atomic E-state index is 12.4. The summed E-state index contributed by atoms with van der Waals surface area (Å²) in [6.07, 6.45) is 0.170. The molecule has 3 rings (SSSR count). The molecule has 0 radical (unpaired) electrons. The van der Waals surface area contributed by atoms with E-state index in [2.05, 4.69) is 15.6 Å². The van der Waals surface area contributed by atoms with Gasteiger partial charge in [0.1, 0.15) is 0 Å². The molecule has 6 heteroatoms. The van der Waals surface area contributed by atoms with Gasteiger partial charge in [0.05, 0.1) is 27.7 Å². The van der Waals surface area contributed by atoms with Crippen molar-refractivity contribution in [1.29, 1.82) is 0 Å². The van der Waals surface area contributed by atoms with Gasteiger partial charge in [-0.05, 0) is 30.7 Å². The van der Waals surface area contributed by atoms with E-state index >= 15 is 0 Å². The van der Waals surface area contributed by atoms with Gasteiger partial charge >= 0.3 is 0 Å². The van der Waals surface area contributed by atoms with E-state index in [1.807, 2.05) is 55.5 Å². The lowest BCUT2D eigenvalue weighted by molar-refractivity contribution is -0.120. The summed E-state index contributed by atoms with van der Waals surface area (Å²) in [7, 11) is 0. The van der Waals surface area contributed by atoms with Crippen molar-refractivity contribution in [1.82, 2.24) is 10.3 Å². The van der Waals surface area contributed by atoms with Gasteiger partial charge in [0.25, 0.3) is 0 Å². The molecule has 0 saturated carbocycles. The molecule has 2 aromatic carbocycles. The molecule has 3 aromatic rings. The number of benzene rings is 2. The lowest BCUT2D eigenvalue weighted by atomic mass is 10.0. The number of rotatable bonds is 5. The van der Waals surface area contributed by atoms with Gasteiger partial charge in [-0.25, -0.2) is 4.98 Å². The van der Waals surface area contributed by atoms with Crippen molar-refractivity contribution < 1.29 is 9.59 Å². The number of anilines is 1. The zero-order valence-electron chi connectivity index (χ0n) is 14.1. The largest absolute Gasteiger partial charge is 0.349 e. The van der Waals surface area contributed by atoms with E-state index in [4.69, 9.17) is 0 Å². The first kappa shape index (κ1) is 17.1. The highest BCUT2D eigenvalue weighted by atomic mass is 32.1. The molecule has 1 atom stereocenters. The smallest absolute Gasteiger partial charge is 0.226 e. The fraction of sp³-hybridized carbons (Fsp3) is 0.211. The quantitative estimate of drug-likeness (QED) is 0.733. The molecule has 0 aliphatic carbocycles. The van der Waals surface area contributed by atoms with E-state index in [1.54, 1.807) is 11.3 Å². The molecule has 0 aliphatic rings. The fourth-order valence-corrected chi connectivity index (χ4v) is 3.56. The number of nitrogens with one attached hydrogen (secondary N) is 2. The third-order valence-corrected chi connectivity index (χ3v) is 4.68. The predicted molar refractivity (Wildman–Crippen MR) is 101 cm³/mol. The fourth-order valence-electron chi connectivity index (χ4n) is 2.70. The molecular weight excluding hydrogens is 334 g/mol. The molecule has 1 heterocycles. The Morgan fingerprint density at radius 3 is 2.64 bits per heavy atom. The van der Waals surface area contributed by atoms with Crippen molar-refractivity contribution in [2.75, 3.05) is 5.32 Å². The van der Waals surface area contributed by atoms with Crippen molar-refractivity contribution in [3.63, 3.8) is 0 Å². The summed E-state index contributed by atoms with van der Waals surface area (Å²) in [6.45, 7) is 3.41. The van der Waals surface area contributed by atoms with Gasteiger partial charge in [-0.3, -0.25) is 9.59 Å². The summed E-state index contributed by atoms with van der Waals surface area (Å²) in [4.78, 5) is 28.3. The van der Waals surface area contributed by atoms with Gasteiger partial charge < -0.3 is 10.6 Å². The van der Waals surface area contributed by atoms with Crippen molar-refractivity contribution in [3.05, 3.63) is 59.1 Å². The van der Waals surface area contributed by atoms with Crippen LogP contribution >= 0.6 is 11.3 Å². The van der Waals surface area contributed by atoms with Crippen LogP contribution in [0.15, 0.2) is 48.5 Å². The number of carbonyl (C=O) groups is 2. The van der Waals surface area contributed by atoms with E-state index in [9.17, 15) is 9.59 Å². The summed E-state index contributed by atoms with van der Waals surface area (Å²) in [5.74, 6) is -0.314. The predicted octanol–water partition coefficient (Wildman–Crippen LogP) is 3.81. The Hall–Kier alpha value is -2.73. The molecule has 0 bridgehead atoms. The highest BCUT2D eigenvalue weighted by Crippen LogP contribution is 2.25. The highest BCUT2D eigenvalue weighted by Gasteiger charge is 2.17. The summed E-state index contributed by atoms with van der Waals surface area (Å²) < 4.78 is 1.04. The summed E-state index contributed by atoms with van der Waals surface area (Å²) >= 11 is 1.59. The van der Waals surface area contributed by atoms with E-state index in [1.165, 1.54) is 6.92 Å². The molecule has 0 saturated heterocycles. The van der Waals surface area contributed by atoms with Crippen molar-refractivity contribution in [2.45, 2.75) is 26.3 Å². The molecule has 1 aromatic heterocycles. The maximum absolute atomic E-state index is 12.4. The van der Waals surface area contributed by atoms with E-state index in [0.29, 0.717) is 0 Å². The minimum atomic E-state index is -0.354. The van der Waals surface area contributed by atoms with Crippen molar-refractivity contribution in [2.24, 2.45) is 0 Å². The highest BCUT2D eigenvalue weighted by molar-refractivity contribution is 7.18. The Balaban J connectivity index is 1.72. The first-order chi connectivity index (χ1) is 12.0. The van der Waals surface area contributed by atoms with E-state index in [-0.39, 0.29) is 24.3 Å². The van der Waals surface area contributed by atoms with E-state index < -0.39 is 0 Å². The van der Waals surface area contributed by atoms with Crippen LogP contribution in [0.3, 0.4) is 0 Å². The minimum absolute atomic E-state index is 0.150. The SMILES string of the molecule is CC(=O)N[C@H](CC(=O)Nc1ccc2nc(C)sc2c1)c1ccccc1. The monoisotopic (exact) mass is 353 g/mol. The zero-order chi connectivity index (χ0) is 17.8. The van der Waals surface area contributed by atoms with Gasteiger partial charge in [-0.15, -0.1) is 11.3 Å². The number of thiazole rings is 1. The molecule has 5 nitrogen and oxygen atoms in total. The van der Waals surface area contributed by atoms with Gasteiger partial charge in [-0.1, -0.05) is 30.3 Å². The minimum Gasteiger partial charge on any atom is -0.349 e. The second kappa shape index (κ2) is 7.44. The molecule has 0 aliphatic heterocycles. The van der Waals surface area contributed by atoms with Crippen LogP contribution in [0.5, 0.6) is 0 Å². The van der Waals surface area contributed by atoms with Crippen LogP contribution in [0.25, 0.3) is 10.2 Å². The molecule has 0 spiro atoms. The Morgan fingerprint density at radius 2 is 1.92 bits per heavy atom. The number of hydrogen-bond donors (Lipinski definition) is 2. The third-order valence-electron chi connectivity index (χ3n) is 3.75. The maximum Gasteiger partial charge on any atom is 0.226 e. The van der Waals surface area contributed by atoms with Crippen LogP contribution in [0.1, 0.15) is 30.0 Å². The number of aromatic nitrogens is 1. The number of hydrogen-bond acceptors (Lipinski definition) is 4. The first-order valence-corrected chi connectivity index (χ1v) is 8.82. The average molecular weight is 353 g/mol. The zero-order valence-corrected chi connectivity index (χ0v) is 14.9. The Labute approximate surface area is 150 Å². The number of carbonyl (C=O) groups excluding carboxylic acids is 2. The van der Waals surface area contributed by atoms with E-state index in [0.717, 1.165) is 26.5 Å². The normalized spacial score (nSPS) is 11.9. The van der Waals surface area contributed by atoms with Gasteiger partial charge in [0.2, 0.25) is 11.8 Å². The van der Waals surface area contributed by atoms with Crippen molar-refractivity contribution in [3.8, 4) is 0 Å². The van der Waals surface area contributed by atoms with Crippen LogP contribution in [-0.4, -0.2) is 16.8 Å². The molecule has 2 N–H and O–H groups in total. The number of nitrogens with zero attached hydrogens (tertiary/aromatic N) is 1. The molecule has 0 fully saturated rings. The topological polar surface area (TPSA) is 71.1 Å². The number of fused-ring (bicyclic) bond motifs is 1. The summed E-state index contributed by atoms with van der Waals surface area (Å²) in [5.41, 5.74) is 2.57. The Bertz CT molecular complexity index is 905. The number of aryl methyl sites for hydroxylation is 1. The molecule has 2 amide bonds.